The van der Waals surface area contributed by atoms with Crippen molar-refractivity contribution >= 4 is 21.8 Å². The number of aromatic nitrogens is 2. The molecule has 2 aliphatic carbocycles. The zero-order valence-corrected chi connectivity index (χ0v) is 15.8. The summed E-state index contributed by atoms with van der Waals surface area (Å²) >= 11 is 0. The summed E-state index contributed by atoms with van der Waals surface area (Å²) in [5.74, 6) is 0.761. The summed E-state index contributed by atoms with van der Waals surface area (Å²) in [4.78, 5) is 8.79. The van der Waals surface area contributed by atoms with Crippen molar-refractivity contribution in [3.8, 4) is 0 Å². The highest BCUT2D eigenvalue weighted by Gasteiger charge is 2.35. The van der Waals surface area contributed by atoms with Gasteiger partial charge in [-0.05, 0) is 36.7 Å². The Morgan fingerprint density at radius 1 is 1.19 bits per heavy atom. The second-order valence-corrected chi connectivity index (χ2v) is 9.25. The van der Waals surface area contributed by atoms with Crippen molar-refractivity contribution in [3.63, 3.8) is 0 Å². The van der Waals surface area contributed by atoms with Gasteiger partial charge in [-0.3, -0.25) is 4.98 Å². The first-order valence-corrected chi connectivity index (χ1v) is 10.1. The molecular weight excluding hydrogens is 320 g/mol. The van der Waals surface area contributed by atoms with E-state index < -0.39 is 6.10 Å². The fourth-order valence-electron chi connectivity index (χ4n) is 5.34. The number of hydrogen-bond acceptors (Lipinski definition) is 2. The van der Waals surface area contributed by atoms with Gasteiger partial charge in [-0.15, -0.1) is 0 Å². The molecule has 3 nitrogen and oxygen atoms in total. The number of aliphatic hydroxyl groups is 1. The van der Waals surface area contributed by atoms with Gasteiger partial charge in [0, 0.05) is 27.5 Å². The van der Waals surface area contributed by atoms with Gasteiger partial charge in [-0.1, -0.05) is 57.7 Å². The number of nitrogens with one attached hydrogen (secondary N) is 1. The number of rotatable bonds is 2. The number of aromatic amines is 1. The van der Waals surface area contributed by atoms with Crippen LogP contribution in [-0.2, 0) is 12.8 Å². The van der Waals surface area contributed by atoms with E-state index in [-0.39, 0.29) is 5.41 Å². The van der Waals surface area contributed by atoms with Gasteiger partial charge in [0.05, 0.1) is 17.3 Å². The first-order valence-electron chi connectivity index (χ1n) is 10.1. The summed E-state index contributed by atoms with van der Waals surface area (Å²) in [6.45, 7) is 4.49. The molecule has 1 atom stereocenters. The van der Waals surface area contributed by atoms with Gasteiger partial charge in [0.2, 0.25) is 0 Å². The lowest BCUT2D eigenvalue weighted by Gasteiger charge is -2.34. The number of H-pyrrole nitrogens is 1. The van der Waals surface area contributed by atoms with Crippen molar-refractivity contribution < 1.29 is 5.11 Å². The van der Waals surface area contributed by atoms with Gasteiger partial charge in [0.15, 0.2) is 0 Å². The van der Waals surface area contributed by atoms with Crippen LogP contribution in [-0.4, -0.2) is 15.1 Å². The average molecular weight is 348 g/mol. The normalized spacial score (nSPS) is 23.0. The van der Waals surface area contributed by atoms with Gasteiger partial charge in [0.1, 0.15) is 0 Å². The Labute approximate surface area is 154 Å². The molecule has 2 N–H and O–H groups in total. The predicted molar refractivity (Wildman–Crippen MR) is 106 cm³/mol. The van der Waals surface area contributed by atoms with Crippen molar-refractivity contribution in [2.45, 2.75) is 64.9 Å². The maximum absolute atomic E-state index is 11.0. The summed E-state index contributed by atoms with van der Waals surface area (Å²) in [5.41, 5.74) is 5.83. The molecule has 0 radical (unpaired) electrons. The van der Waals surface area contributed by atoms with Gasteiger partial charge in [-0.25, -0.2) is 0 Å². The molecule has 2 heterocycles. The summed E-state index contributed by atoms with van der Waals surface area (Å²) in [7, 11) is 0. The highest BCUT2D eigenvalue weighted by molar-refractivity contribution is 6.10. The Morgan fingerprint density at radius 2 is 1.96 bits per heavy atom. The van der Waals surface area contributed by atoms with Crippen LogP contribution < -0.4 is 0 Å². The second-order valence-electron chi connectivity index (χ2n) is 9.25. The number of fused-ring (bicyclic) bond motifs is 5. The SMILES string of the molecule is CC1(C)Cc2nc(CC3CCCC3)c3[nH]c4ccccc4c3c2C(O)C1. The molecule has 3 aromatic rings. The Bertz CT molecular complexity index is 979. The van der Waals surface area contributed by atoms with Crippen LogP contribution in [0.5, 0.6) is 0 Å². The molecule has 2 aromatic heterocycles. The molecule has 1 saturated carbocycles. The van der Waals surface area contributed by atoms with Gasteiger partial charge >= 0.3 is 0 Å². The van der Waals surface area contributed by atoms with Crippen LogP contribution in [0.4, 0.5) is 0 Å². The van der Waals surface area contributed by atoms with Crippen LogP contribution in [0.15, 0.2) is 24.3 Å². The van der Waals surface area contributed by atoms with Crippen LogP contribution in [0, 0.1) is 11.3 Å². The summed E-state index contributed by atoms with van der Waals surface area (Å²) in [6.07, 6.45) is 7.76. The Balaban J connectivity index is 1.78. The molecule has 5 rings (SSSR count). The van der Waals surface area contributed by atoms with Crippen molar-refractivity contribution in [2.75, 3.05) is 0 Å². The second kappa shape index (κ2) is 5.82. The van der Waals surface area contributed by atoms with E-state index in [1.54, 1.807) is 0 Å². The fourth-order valence-corrected chi connectivity index (χ4v) is 5.34. The van der Waals surface area contributed by atoms with Crippen molar-refractivity contribution in [1.82, 2.24) is 9.97 Å². The molecule has 2 aliphatic rings. The summed E-state index contributed by atoms with van der Waals surface area (Å²) in [6, 6.07) is 8.49. The number of pyridine rings is 1. The topological polar surface area (TPSA) is 48.9 Å². The number of aliphatic hydroxyl groups excluding tert-OH is 1. The van der Waals surface area contributed by atoms with Crippen LogP contribution >= 0.6 is 0 Å². The number of benzene rings is 1. The van der Waals surface area contributed by atoms with E-state index in [1.165, 1.54) is 42.1 Å². The monoisotopic (exact) mass is 348 g/mol. The lowest BCUT2D eigenvalue weighted by atomic mass is 9.74. The molecule has 3 heteroatoms. The first kappa shape index (κ1) is 16.3. The number of hydrogen-bond donors (Lipinski definition) is 2. The van der Waals surface area contributed by atoms with Crippen LogP contribution in [0.3, 0.4) is 0 Å². The third-order valence-electron chi connectivity index (χ3n) is 6.53. The Hall–Kier alpha value is -1.87. The van der Waals surface area contributed by atoms with Crippen LogP contribution in [0.2, 0.25) is 0 Å². The standard InChI is InChI=1S/C23H28N2O/c1-23(2)12-18-21(19(26)13-23)20-15-9-5-6-10-16(15)25-22(20)17(24-18)11-14-7-3-4-8-14/h5-6,9-10,14,19,25-26H,3-4,7-8,11-13H2,1-2H3. The summed E-state index contributed by atoms with van der Waals surface area (Å²) in [5, 5.41) is 13.4. The van der Waals surface area contributed by atoms with E-state index >= 15 is 0 Å². The smallest absolute Gasteiger partial charge is 0.0819 e. The lowest BCUT2D eigenvalue weighted by Crippen LogP contribution is -2.27. The van der Waals surface area contributed by atoms with Crippen LogP contribution in [0.25, 0.3) is 21.8 Å². The van der Waals surface area contributed by atoms with Crippen LogP contribution in [0.1, 0.15) is 69.0 Å². The Kier molecular flexibility index (Phi) is 3.65. The molecule has 1 aromatic carbocycles. The molecule has 136 valence electrons. The maximum atomic E-state index is 11.0. The minimum atomic E-state index is -0.427. The third kappa shape index (κ3) is 2.56. The molecule has 1 fully saturated rings. The maximum Gasteiger partial charge on any atom is 0.0819 e. The molecule has 0 aliphatic heterocycles. The third-order valence-corrected chi connectivity index (χ3v) is 6.53. The quantitative estimate of drug-likeness (QED) is 0.646. The number of para-hydroxylation sites is 1. The fraction of sp³-hybridized carbons (Fsp3) is 0.522. The lowest BCUT2D eigenvalue weighted by molar-refractivity contribution is 0.0996. The minimum absolute atomic E-state index is 0.101. The molecular formula is C23H28N2O. The zero-order valence-electron chi connectivity index (χ0n) is 15.8. The molecule has 26 heavy (non-hydrogen) atoms. The molecule has 0 bridgehead atoms. The van der Waals surface area contributed by atoms with Gasteiger partial charge in [-0.2, -0.15) is 0 Å². The van der Waals surface area contributed by atoms with E-state index in [0.717, 1.165) is 47.5 Å². The summed E-state index contributed by atoms with van der Waals surface area (Å²) < 4.78 is 0. The Morgan fingerprint density at radius 3 is 2.77 bits per heavy atom. The zero-order chi connectivity index (χ0) is 17.9. The van der Waals surface area contributed by atoms with E-state index in [0.29, 0.717) is 0 Å². The van der Waals surface area contributed by atoms with Gasteiger partial charge in [0.25, 0.3) is 0 Å². The van der Waals surface area contributed by atoms with Crippen molar-refractivity contribution in [1.29, 1.82) is 0 Å². The molecule has 0 amide bonds. The molecule has 0 saturated heterocycles. The largest absolute Gasteiger partial charge is 0.388 e. The van der Waals surface area contributed by atoms with Crippen molar-refractivity contribution in [2.24, 2.45) is 11.3 Å². The van der Waals surface area contributed by atoms with Gasteiger partial charge < -0.3 is 10.1 Å². The minimum Gasteiger partial charge on any atom is -0.388 e. The highest BCUT2D eigenvalue weighted by Crippen LogP contribution is 2.45. The molecule has 0 spiro atoms. The van der Waals surface area contributed by atoms with Crippen molar-refractivity contribution in [3.05, 3.63) is 41.2 Å². The highest BCUT2D eigenvalue weighted by atomic mass is 16.3. The van der Waals surface area contributed by atoms with E-state index in [1.807, 2.05) is 0 Å². The van der Waals surface area contributed by atoms with E-state index in [9.17, 15) is 5.11 Å². The average Bonchev–Trinajstić information content (AvgIpc) is 3.21. The predicted octanol–water partition coefficient (Wildman–Crippen LogP) is 5.45. The van der Waals surface area contributed by atoms with E-state index in [2.05, 4.69) is 43.1 Å². The molecule has 1 unspecified atom stereocenters. The number of nitrogens with zero attached hydrogens (tertiary/aromatic N) is 1. The van der Waals surface area contributed by atoms with E-state index in [4.69, 9.17) is 4.98 Å². The first-order chi connectivity index (χ1) is 12.5.